The topological polar surface area (TPSA) is 89.5 Å². The molecule has 1 unspecified atom stereocenters. The Balaban J connectivity index is 3.52. The summed E-state index contributed by atoms with van der Waals surface area (Å²) in [5.41, 5.74) is -1.78. The normalized spacial score (nSPS) is 14.6. The van der Waals surface area contributed by atoms with Crippen LogP contribution in [-0.4, -0.2) is 36.6 Å². The van der Waals surface area contributed by atoms with Crippen molar-refractivity contribution in [3.63, 3.8) is 0 Å². The Morgan fingerprint density at radius 1 is 1.50 bits per heavy atom. The van der Waals surface area contributed by atoms with Crippen molar-refractivity contribution in [3.05, 3.63) is 0 Å². The van der Waals surface area contributed by atoms with Crippen LogP contribution in [0.25, 0.3) is 0 Å². The van der Waals surface area contributed by atoms with Gasteiger partial charge in [-0.15, -0.1) is 0 Å². The van der Waals surface area contributed by atoms with E-state index < -0.39 is 15.6 Å². The van der Waals surface area contributed by atoms with Gasteiger partial charge in [0.2, 0.25) is 0 Å². The van der Waals surface area contributed by atoms with E-state index in [1.807, 2.05) is 6.92 Å². The van der Waals surface area contributed by atoms with Gasteiger partial charge in [0.15, 0.2) is 0 Å². The molecule has 0 heterocycles. The molecule has 0 amide bonds. The summed E-state index contributed by atoms with van der Waals surface area (Å²) in [7, 11) is -4.52. The molecule has 0 aromatic rings. The highest BCUT2D eigenvalue weighted by atomic mass is 32.2. The lowest BCUT2D eigenvalue weighted by Gasteiger charge is -2.14. The third kappa shape index (κ3) is 5.48. The Hall–Kier alpha value is -0.170. The fraction of sp³-hybridized carbons (Fsp3) is 1.00. The van der Waals surface area contributed by atoms with Gasteiger partial charge in [-0.25, -0.2) is 8.42 Å². The molecule has 0 rings (SSSR count). The number of aliphatic hydroxyl groups excluding tert-OH is 1. The molecule has 6 heteroatoms. The average Bonchev–Trinajstić information content (AvgIpc) is 1.96. The molecule has 0 aromatic heterocycles. The van der Waals surface area contributed by atoms with Crippen LogP contribution in [0.4, 0.5) is 0 Å². The monoisotopic (exact) mass is 196 g/mol. The summed E-state index contributed by atoms with van der Waals surface area (Å²) < 4.78 is 30.5. The molecule has 0 aromatic carbocycles. The molecule has 0 aliphatic rings. The number of hydrogen-bond acceptors (Lipinski definition) is 5. The summed E-state index contributed by atoms with van der Waals surface area (Å²) in [6, 6.07) is 0. The van der Waals surface area contributed by atoms with Gasteiger partial charge in [-0.2, -0.15) is 0 Å². The minimum atomic E-state index is -4.52. The number of nitrogens with one attached hydrogen (secondary N) is 1. The van der Waals surface area contributed by atoms with Gasteiger partial charge in [-0.3, -0.25) is 0 Å². The molecule has 5 nitrogen and oxygen atoms in total. The molecule has 1 atom stereocenters. The molecular weight excluding hydrogens is 182 g/mol. The highest BCUT2D eigenvalue weighted by Gasteiger charge is 2.10. The van der Waals surface area contributed by atoms with Crippen LogP contribution in [0.3, 0.4) is 0 Å². The van der Waals surface area contributed by atoms with E-state index >= 15 is 0 Å². The fourth-order valence-corrected chi connectivity index (χ4v) is 1.08. The molecule has 0 radical (unpaired) electrons. The minimum Gasteiger partial charge on any atom is -0.746 e. The van der Waals surface area contributed by atoms with Gasteiger partial charge >= 0.3 is 0 Å². The molecule has 0 saturated carbocycles. The molecule has 0 aliphatic carbocycles. The summed E-state index contributed by atoms with van der Waals surface area (Å²) >= 11 is 0. The van der Waals surface area contributed by atoms with E-state index in [1.54, 1.807) is 0 Å². The fourth-order valence-electron chi connectivity index (χ4n) is 0.672. The van der Waals surface area contributed by atoms with Crippen LogP contribution in [0.2, 0.25) is 0 Å². The largest absolute Gasteiger partial charge is 0.746 e. The van der Waals surface area contributed by atoms with Gasteiger partial charge in [0.1, 0.15) is 15.6 Å². The second kappa shape index (κ2) is 5.47. The predicted octanol–water partition coefficient (Wildman–Crippen LogP) is -0.760. The van der Waals surface area contributed by atoms with E-state index in [9.17, 15) is 13.0 Å². The van der Waals surface area contributed by atoms with Crippen LogP contribution >= 0.6 is 0 Å². The molecule has 12 heavy (non-hydrogen) atoms. The zero-order chi connectivity index (χ0) is 9.61. The van der Waals surface area contributed by atoms with Crippen LogP contribution in [0, 0.1) is 0 Å². The van der Waals surface area contributed by atoms with E-state index in [4.69, 9.17) is 5.11 Å². The maximum absolute atomic E-state index is 10.2. The zero-order valence-corrected chi connectivity index (χ0v) is 7.80. The zero-order valence-electron chi connectivity index (χ0n) is 6.99. The Bertz CT molecular complexity index is 202. The van der Waals surface area contributed by atoms with Crippen molar-refractivity contribution < 1.29 is 18.1 Å². The van der Waals surface area contributed by atoms with Crippen molar-refractivity contribution >= 4 is 10.1 Å². The number of hydrogen-bond donors (Lipinski definition) is 2. The van der Waals surface area contributed by atoms with Crippen LogP contribution in [-0.2, 0) is 10.1 Å². The highest BCUT2D eigenvalue weighted by Crippen LogP contribution is 1.97. The van der Waals surface area contributed by atoms with Crippen molar-refractivity contribution in [3.8, 4) is 0 Å². The lowest BCUT2D eigenvalue weighted by atomic mass is 10.4. The summed E-state index contributed by atoms with van der Waals surface area (Å²) in [6.45, 7) is 3.07. The molecule has 0 fully saturated rings. The molecule has 0 spiro atoms. The lowest BCUT2D eigenvalue weighted by molar-refractivity contribution is 0.220. The lowest BCUT2D eigenvalue weighted by Crippen LogP contribution is -2.26. The molecular formula is C6H14NO4S-. The summed E-state index contributed by atoms with van der Waals surface area (Å²) in [4.78, 5) is 0. The van der Waals surface area contributed by atoms with Crippen molar-refractivity contribution in [2.75, 3.05) is 13.1 Å². The summed E-state index contributed by atoms with van der Waals surface area (Å²) in [6.07, 6.45) is 0.881. The Morgan fingerprint density at radius 2 is 2.08 bits per heavy atom. The summed E-state index contributed by atoms with van der Waals surface area (Å²) in [5.74, 6) is 0. The third-order valence-corrected chi connectivity index (χ3v) is 2.23. The van der Waals surface area contributed by atoms with Gasteiger partial charge in [-0.1, -0.05) is 6.92 Å². The van der Waals surface area contributed by atoms with Crippen LogP contribution in [0.5, 0.6) is 0 Å². The quantitative estimate of drug-likeness (QED) is 0.430. The molecule has 0 bridgehead atoms. The first kappa shape index (κ1) is 11.8. The second-order valence-corrected chi connectivity index (χ2v) is 4.02. The van der Waals surface area contributed by atoms with Crippen molar-refractivity contribution in [1.29, 1.82) is 0 Å². The van der Waals surface area contributed by atoms with Gasteiger partial charge in [-0.05, 0) is 25.9 Å². The summed E-state index contributed by atoms with van der Waals surface area (Å²) in [5, 5.41) is 11.6. The van der Waals surface area contributed by atoms with Gasteiger partial charge in [0.25, 0.3) is 0 Å². The Morgan fingerprint density at radius 3 is 2.50 bits per heavy atom. The maximum Gasteiger partial charge on any atom is 0.144 e. The predicted molar refractivity (Wildman–Crippen MR) is 43.5 cm³/mol. The van der Waals surface area contributed by atoms with E-state index in [1.165, 1.54) is 0 Å². The SMILES string of the molecule is CCCNCCC(O)S(=O)(=O)[O-]. The molecule has 74 valence electrons. The van der Waals surface area contributed by atoms with Gasteiger partial charge < -0.3 is 15.0 Å². The van der Waals surface area contributed by atoms with Crippen LogP contribution < -0.4 is 5.32 Å². The molecule has 2 N–H and O–H groups in total. The van der Waals surface area contributed by atoms with Gasteiger partial charge in [0, 0.05) is 0 Å². The molecule has 0 saturated heterocycles. The van der Waals surface area contributed by atoms with Gasteiger partial charge in [0.05, 0.1) is 0 Å². The minimum absolute atomic E-state index is 0.0498. The molecule has 0 aliphatic heterocycles. The third-order valence-electron chi connectivity index (χ3n) is 1.33. The Labute approximate surface area is 72.5 Å². The van der Waals surface area contributed by atoms with E-state index in [0.29, 0.717) is 6.54 Å². The van der Waals surface area contributed by atoms with Crippen LogP contribution in [0.15, 0.2) is 0 Å². The highest BCUT2D eigenvalue weighted by molar-refractivity contribution is 7.86. The maximum atomic E-state index is 10.2. The first-order valence-electron chi connectivity index (χ1n) is 3.82. The second-order valence-electron chi connectivity index (χ2n) is 2.49. The number of aliphatic hydroxyl groups is 1. The first-order chi connectivity index (χ1) is 5.48. The number of rotatable bonds is 6. The smallest absolute Gasteiger partial charge is 0.144 e. The van der Waals surface area contributed by atoms with Crippen LogP contribution in [0.1, 0.15) is 19.8 Å². The standard InChI is InChI=1S/C6H15NO4S/c1-2-4-7-5-3-6(8)12(9,10)11/h6-8H,2-5H2,1H3,(H,9,10,11)/p-1. The van der Waals surface area contributed by atoms with E-state index in [-0.39, 0.29) is 6.42 Å². The average molecular weight is 196 g/mol. The first-order valence-corrected chi connectivity index (χ1v) is 5.29. The van der Waals surface area contributed by atoms with Crippen molar-refractivity contribution in [2.45, 2.75) is 25.2 Å². The van der Waals surface area contributed by atoms with Crippen molar-refractivity contribution in [2.24, 2.45) is 0 Å². The van der Waals surface area contributed by atoms with E-state index in [2.05, 4.69) is 5.32 Å². The van der Waals surface area contributed by atoms with Crippen molar-refractivity contribution in [1.82, 2.24) is 5.32 Å². The Kier molecular flexibility index (Phi) is 5.39. The van der Waals surface area contributed by atoms with E-state index in [0.717, 1.165) is 13.0 Å².